The lowest BCUT2D eigenvalue weighted by atomic mass is 9.99. The second-order valence-corrected chi connectivity index (χ2v) is 7.96. The predicted molar refractivity (Wildman–Crippen MR) is 102 cm³/mol. The first-order valence-corrected chi connectivity index (χ1v) is 9.74. The molecule has 0 aliphatic carbocycles. The van der Waals surface area contributed by atoms with E-state index in [4.69, 9.17) is 14.6 Å². The molecule has 0 fully saturated rings. The van der Waals surface area contributed by atoms with Gasteiger partial charge in [0.15, 0.2) is 0 Å². The smallest absolute Gasteiger partial charge is 0.216 e. The molecule has 6 heteroatoms. The number of ether oxygens (including phenoxy) is 1. The van der Waals surface area contributed by atoms with E-state index < -0.39 is 0 Å². The first kappa shape index (κ1) is 15.9. The first-order valence-electron chi connectivity index (χ1n) is 7.70. The van der Waals surface area contributed by atoms with E-state index in [0.717, 1.165) is 15.8 Å². The van der Waals surface area contributed by atoms with Crippen LogP contribution < -0.4 is 9.80 Å². The summed E-state index contributed by atoms with van der Waals surface area (Å²) in [5.74, 6) is 0.829. The normalized spacial score (nSPS) is 25.0. The molecule has 2 atom stereocenters. The van der Waals surface area contributed by atoms with Crippen molar-refractivity contribution in [1.29, 1.82) is 0 Å². The molecular weight excluding hydrogens is 340 g/mol. The van der Waals surface area contributed by atoms with Crippen LogP contribution in [-0.4, -0.2) is 30.5 Å². The third-order valence-corrected chi connectivity index (χ3v) is 6.73. The fraction of sp³-hybridized carbons (Fsp3) is 0.278. The Hall–Kier alpha value is -1.63. The molecule has 0 aromatic heterocycles. The molecule has 124 valence electrons. The summed E-state index contributed by atoms with van der Waals surface area (Å²) >= 11 is 3.46. The molecule has 2 aliphatic heterocycles. The minimum absolute atomic E-state index is 0.277. The number of anilines is 1. The standard InChI is InChI=1S/C18H18N2O2S2/c1-21-20-15-11-7-6-10-14(15)18(12-19-17(23-2)24-18)16(20)22-13-8-4-3-5-9-13/h3-11,16H,12H2,1-2H3/t16-,18+/m1/s1. The number of hydrogen-bond donors (Lipinski definition) is 0. The summed E-state index contributed by atoms with van der Waals surface area (Å²) in [6, 6.07) is 18.2. The molecule has 0 radical (unpaired) electrons. The predicted octanol–water partition coefficient (Wildman–Crippen LogP) is 4.13. The average Bonchev–Trinajstić information content (AvgIpc) is 3.18. The van der Waals surface area contributed by atoms with Crippen LogP contribution in [-0.2, 0) is 9.58 Å². The lowest BCUT2D eigenvalue weighted by Crippen LogP contribution is -2.47. The Balaban J connectivity index is 1.78. The van der Waals surface area contributed by atoms with Crippen molar-refractivity contribution in [2.75, 3.05) is 25.0 Å². The number of aliphatic imine (C=N–C) groups is 1. The Kier molecular flexibility index (Phi) is 4.20. The van der Waals surface area contributed by atoms with Crippen LogP contribution in [0, 0.1) is 0 Å². The minimum atomic E-state index is -0.291. The number of rotatable bonds is 3. The summed E-state index contributed by atoms with van der Waals surface area (Å²) in [7, 11) is 1.69. The Bertz CT molecular complexity index is 769. The van der Waals surface area contributed by atoms with Gasteiger partial charge in [-0.2, -0.15) is 0 Å². The highest BCUT2D eigenvalue weighted by Crippen LogP contribution is 2.56. The minimum Gasteiger partial charge on any atom is -0.466 e. The lowest BCUT2D eigenvalue weighted by Gasteiger charge is -2.33. The van der Waals surface area contributed by atoms with Crippen molar-refractivity contribution in [2.24, 2.45) is 4.99 Å². The first-order chi connectivity index (χ1) is 11.8. The maximum absolute atomic E-state index is 6.39. The van der Waals surface area contributed by atoms with Crippen molar-refractivity contribution >= 4 is 33.6 Å². The van der Waals surface area contributed by atoms with Gasteiger partial charge in [-0.1, -0.05) is 48.2 Å². The number of hydroxylamine groups is 1. The van der Waals surface area contributed by atoms with E-state index in [9.17, 15) is 0 Å². The fourth-order valence-corrected chi connectivity index (χ4v) is 5.28. The maximum Gasteiger partial charge on any atom is 0.216 e. The van der Waals surface area contributed by atoms with E-state index in [2.05, 4.69) is 24.5 Å². The Morgan fingerprint density at radius 3 is 2.62 bits per heavy atom. The zero-order valence-corrected chi connectivity index (χ0v) is 15.1. The Morgan fingerprint density at radius 2 is 1.92 bits per heavy atom. The lowest BCUT2D eigenvalue weighted by molar-refractivity contribution is 0.0412. The molecule has 4 rings (SSSR count). The number of fused-ring (bicyclic) bond motifs is 2. The molecule has 2 aliphatic rings. The molecule has 0 N–H and O–H groups in total. The van der Waals surface area contributed by atoms with Crippen molar-refractivity contribution in [1.82, 2.24) is 0 Å². The summed E-state index contributed by atoms with van der Waals surface area (Å²) in [5.41, 5.74) is 2.26. The topological polar surface area (TPSA) is 34.1 Å². The van der Waals surface area contributed by atoms with E-state index in [-0.39, 0.29) is 11.0 Å². The summed E-state index contributed by atoms with van der Waals surface area (Å²) in [6.07, 6.45) is 1.79. The largest absolute Gasteiger partial charge is 0.466 e. The number of para-hydroxylation sites is 2. The molecule has 2 aromatic rings. The van der Waals surface area contributed by atoms with E-state index in [0.29, 0.717) is 6.54 Å². The second kappa shape index (κ2) is 6.35. The van der Waals surface area contributed by atoms with Crippen molar-refractivity contribution in [2.45, 2.75) is 11.0 Å². The third-order valence-electron chi connectivity index (χ3n) is 4.28. The number of nitrogens with zero attached hydrogens (tertiary/aromatic N) is 2. The van der Waals surface area contributed by atoms with E-state index >= 15 is 0 Å². The van der Waals surface area contributed by atoms with Crippen molar-refractivity contribution < 1.29 is 9.57 Å². The molecule has 24 heavy (non-hydrogen) atoms. The van der Waals surface area contributed by atoms with Crippen LogP contribution in [0.1, 0.15) is 5.56 Å². The Morgan fingerprint density at radius 1 is 1.17 bits per heavy atom. The Labute approximate surface area is 150 Å². The summed E-state index contributed by atoms with van der Waals surface area (Å²) in [6.45, 7) is 0.683. The van der Waals surface area contributed by atoms with Crippen LogP contribution in [0.15, 0.2) is 59.6 Å². The highest BCUT2D eigenvalue weighted by Gasteiger charge is 2.57. The zero-order valence-electron chi connectivity index (χ0n) is 13.5. The van der Waals surface area contributed by atoms with Crippen LogP contribution >= 0.6 is 23.5 Å². The van der Waals surface area contributed by atoms with Crippen LogP contribution in [0.2, 0.25) is 0 Å². The molecule has 0 unspecified atom stereocenters. The fourth-order valence-electron chi connectivity index (χ4n) is 3.21. The van der Waals surface area contributed by atoms with Crippen LogP contribution in [0.5, 0.6) is 5.75 Å². The van der Waals surface area contributed by atoms with Gasteiger partial charge in [-0.15, -0.1) is 11.8 Å². The van der Waals surface area contributed by atoms with Crippen LogP contribution in [0.25, 0.3) is 0 Å². The van der Waals surface area contributed by atoms with E-state index in [1.165, 1.54) is 5.56 Å². The van der Waals surface area contributed by atoms with Gasteiger partial charge in [-0.25, -0.2) is 5.06 Å². The van der Waals surface area contributed by atoms with Gasteiger partial charge in [-0.05, 0) is 24.5 Å². The van der Waals surface area contributed by atoms with Gasteiger partial charge in [-0.3, -0.25) is 9.83 Å². The molecule has 1 spiro atoms. The van der Waals surface area contributed by atoms with Gasteiger partial charge in [0.1, 0.15) is 14.9 Å². The molecule has 2 aromatic carbocycles. The highest BCUT2D eigenvalue weighted by molar-refractivity contribution is 8.39. The van der Waals surface area contributed by atoms with Crippen LogP contribution in [0.3, 0.4) is 0 Å². The van der Waals surface area contributed by atoms with Gasteiger partial charge < -0.3 is 4.74 Å². The number of benzene rings is 2. The maximum atomic E-state index is 6.39. The van der Waals surface area contributed by atoms with Crippen molar-refractivity contribution in [3.63, 3.8) is 0 Å². The SMILES string of the molecule is CON1c2ccccc2[C@@]2(CN=C(SC)S2)[C@H]1Oc1ccccc1. The van der Waals surface area contributed by atoms with E-state index in [1.54, 1.807) is 30.6 Å². The molecule has 0 saturated heterocycles. The quantitative estimate of drug-likeness (QED) is 0.824. The average molecular weight is 358 g/mol. The molecule has 4 nitrogen and oxygen atoms in total. The van der Waals surface area contributed by atoms with Gasteiger partial charge in [0.2, 0.25) is 6.23 Å². The zero-order chi connectivity index (χ0) is 16.6. The van der Waals surface area contributed by atoms with Gasteiger partial charge in [0.05, 0.1) is 19.3 Å². The second-order valence-electron chi connectivity index (χ2n) is 5.59. The highest BCUT2D eigenvalue weighted by atomic mass is 32.2. The molecule has 0 saturated carbocycles. The third kappa shape index (κ3) is 2.41. The van der Waals surface area contributed by atoms with Crippen molar-refractivity contribution in [3.8, 4) is 5.75 Å². The number of hydrogen-bond acceptors (Lipinski definition) is 6. The molecular formula is C18H18N2O2S2. The van der Waals surface area contributed by atoms with Gasteiger partial charge in [0.25, 0.3) is 0 Å². The van der Waals surface area contributed by atoms with E-state index in [1.807, 2.05) is 41.5 Å². The van der Waals surface area contributed by atoms with Gasteiger partial charge >= 0.3 is 0 Å². The van der Waals surface area contributed by atoms with Gasteiger partial charge in [0, 0.05) is 5.56 Å². The summed E-state index contributed by atoms with van der Waals surface area (Å²) < 4.78 is 7.19. The molecule has 2 heterocycles. The summed E-state index contributed by atoms with van der Waals surface area (Å²) in [4.78, 5) is 10.4. The molecule has 0 amide bonds. The monoisotopic (exact) mass is 358 g/mol. The number of thioether (sulfide) groups is 2. The summed E-state index contributed by atoms with van der Waals surface area (Å²) in [5, 5.41) is 1.87. The molecule has 0 bridgehead atoms. The van der Waals surface area contributed by atoms with Crippen molar-refractivity contribution in [3.05, 3.63) is 60.2 Å². The van der Waals surface area contributed by atoms with Crippen LogP contribution in [0.4, 0.5) is 5.69 Å².